The third-order valence-electron chi connectivity index (χ3n) is 4.40. The molecule has 1 heterocycles. The third kappa shape index (κ3) is 9.49. The highest BCUT2D eigenvalue weighted by molar-refractivity contribution is 14.0. The van der Waals surface area contributed by atoms with Gasteiger partial charge in [0.05, 0.1) is 19.4 Å². The van der Waals surface area contributed by atoms with Gasteiger partial charge in [-0.3, -0.25) is 0 Å². The molecule has 1 aromatic rings. The van der Waals surface area contributed by atoms with Gasteiger partial charge in [0.1, 0.15) is 5.75 Å². The number of halogens is 1. The minimum absolute atomic E-state index is 0. The predicted octanol–water partition coefficient (Wildman–Crippen LogP) is 1.81. The number of nitrogens with zero attached hydrogens (tertiary/aromatic N) is 2. The molecule has 2 N–H and O–H groups in total. The van der Waals surface area contributed by atoms with E-state index < -0.39 is 10.0 Å². The number of hydrogen-bond donors (Lipinski definition) is 2. The van der Waals surface area contributed by atoms with Gasteiger partial charge in [-0.1, -0.05) is 12.1 Å². The molecule has 0 aliphatic carbocycles. The zero-order valence-electron chi connectivity index (χ0n) is 17.2. The Kier molecular flexibility index (Phi) is 12.5. The van der Waals surface area contributed by atoms with E-state index in [2.05, 4.69) is 15.6 Å². The molecule has 0 atom stereocenters. The highest BCUT2D eigenvalue weighted by Gasteiger charge is 2.27. The second-order valence-corrected chi connectivity index (χ2v) is 8.57. The lowest BCUT2D eigenvalue weighted by Gasteiger charge is -2.17. The van der Waals surface area contributed by atoms with E-state index in [4.69, 9.17) is 9.47 Å². The summed E-state index contributed by atoms with van der Waals surface area (Å²) < 4.78 is 35.9. The van der Waals surface area contributed by atoms with Crippen molar-refractivity contribution < 1.29 is 17.9 Å². The summed E-state index contributed by atoms with van der Waals surface area (Å²) in [6.45, 7) is 6.20. The molecule has 1 saturated heterocycles. The molecule has 0 aromatic heterocycles. The van der Waals surface area contributed by atoms with Crippen molar-refractivity contribution in [3.05, 3.63) is 29.8 Å². The summed E-state index contributed by atoms with van der Waals surface area (Å²) in [4.78, 5) is 4.61. The Hall–Kier alpha value is -1.11. The van der Waals surface area contributed by atoms with Crippen LogP contribution in [0.1, 0.15) is 25.3 Å². The van der Waals surface area contributed by atoms with E-state index in [9.17, 15) is 8.42 Å². The van der Waals surface area contributed by atoms with E-state index in [1.165, 1.54) is 4.31 Å². The molecule has 1 aliphatic heterocycles. The van der Waals surface area contributed by atoms with Crippen molar-refractivity contribution in [3.63, 3.8) is 0 Å². The second-order valence-electron chi connectivity index (χ2n) is 6.49. The molecule has 0 radical (unpaired) electrons. The minimum Gasteiger partial charge on any atom is -0.497 e. The first kappa shape index (κ1) is 25.9. The summed E-state index contributed by atoms with van der Waals surface area (Å²) >= 11 is 0. The van der Waals surface area contributed by atoms with E-state index in [1.54, 1.807) is 7.11 Å². The Balaban J connectivity index is 0.00000420. The van der Waals surface area contributed by atoms with Crippen LogP contribution in [0.15, 0.2) is 29.3 Å². The Morgan fingerprint density at radius 2 is 1.93 bits per heavy atom. The van der Waals surface area contributed by atoms with E-state index in [-0.39, 0.29) is 29.7 Å². The van der Waals surface area contributed by atoms with Crippen LogP contribution in [-0.2, 0) is 21.3 Å². The molecule has 1 aliphatic rings. The number of methoxy groups -OCH3 is 1. The van der Waals surface area contributed by atoms with Crippen LogP contribution in [0.25, 0.3) is 0 Å². The van der Waals surface area contributed by atoms with Gasteiger partial charge < -0.3 is 20.1 Å². The van der Waals surface area contributed by atoms with Gasteiger partial charge in [0, 0.05) is 39.4 Å². The summed E-state index contributed by atoms with van der Waals surface area (Å²) in [5, 5.41) is 6.52. The quantitative estimate of drug-likeness (QED) is 0.193. The molecule has 0 unspecified atom stereocenters. The Morgan fingerprint density at radius 3 is 2.55 bits per heavy atom. The normalized spacial score (nSPS) is 16.3. The van der Waals surface area contributed by atoms with Crippen molar-refractivity contribution in [3.8, 4) is 5.75 Å². The van der Waals surface area contributed by atoms with Crippen molar-refractivity contribution in [2.75, 3.05) is 52.3 Å². The topological polar surface area (TPSA) is 92.3 Å². The molecule has 8 nitrogen and oxygen atoms in total. The highest BCUT2D eigenvalue weighted by atomic mass is 127. The fourth-order valence-electron chi connectivity index (χ4n) is 2.84. The fourth-order valence-corrected chi connectivity index (χ4v) is 4.37. The summed E-state index contributed by atoms with van der Waals surface area (Å²) in [5.41, 5.74) is 1.07. The summed E-state index contributed by atoms with van der Waals surface area (Å²) in [5.74, 6) is 1.73. The first-order valence-corrected chi connectivity index (χ1v) is 11.4. The maximum Gasteiger partial charge on any atom is 0.214 e. The van der Waals surface area contributed by atoms with Crippen LogP contribution in [0.5, 0.6) is 5.75 Å². The number of benzene rings is 1. The van der Waals surface area contributed by atoms with Gasteiger partial charge >= 0.3 is 0 Å². The molecule has 0 spiro atoms. The van der Waals surface area contributed by atoms with Crippen LogP contribution >= 0.6 is 24.0 Å². The Labute approximate surface area is 191 Å². The Morgan fingerprint density at radius 1 is 1.21 bits per heavy atom. The number of ether oxygens (including phenoxy) is 2. The first-order chi connectivity index (χ1) is 13.5. The average molecular weight is 540 g/mol. The van der Waals surface area contributed by atoms with Gasteiger partial charge in [0.25, 0.3) is 0 Å². The average Bonchev–Trinajstić information content (AvgIpc) is 3.04. The maximum atomic E-state index is 11.9. The van der Waals surface area contributed by atoms with E-state index in [0.717, 1.165) is 24.3 Å². The van der Waals surface area contributed by atoms with Crippen LogP contribution in [0.2, 0.25) is 0 Å². The molecule has 0 amide bonds. The van der Waals surface area contributed by atoms with Crippen molar-refractivity contribution >= 4 is 40.0 Å². The monoisotopic (exact) mass is 540 g/mol. The largest absolute Gasteiger partial charge is 0.497 e. The molecule has 10 heteroatoms. The van der Waals surface area contributed by atoms with E-state index >= 15 is 0 Å². The lowest BCUT2D eigenvalue weighted by atomic mass is 10.2. The van der Waals surface area contributed by atoms with Crippen molar-refractivity contribution in [1.29, 1.82) is 0 Å². The standard InChI is InChI=1S/C19H32N4O4S.HI/c1-3-27-14-4-10-20-19(21-11-13-23-12-5-15-28(23,24)25)22-16-17-6-8-18(26-2)9-7-17;/h6-9H,3-5,10-16H2,1-2H3,(H2,20,21,22);1H. The molecule has 2 rings (SSSR count). The van der Waals surface area contributed by atoms with Gasteiger partial charge in [-0.05, 0) is 37.5 Å². The lowest BCUT2D eigenvalue weighted by molar-refractivity contribution is 0.145. The number of rotatable bonds is 11. The molecule has 166 valence electrons. The SMILES string of the molecule is CCOCCCNC(=NCc1ccc(OC)cc1)NCCN1CCCS1(=O)=O.I. The summed E-state index contributed by atoms with van der Waals surface area (Å²) in [6.07, 6.45) is 1.58. The maximum absolute atomic E-state index is 11.9. The van der Waals surface area contributed by atoms with Gasteiger partial charge in [0.15, 0.2) is 5.96 Å². The molecular formula is C19H33IN4O4S. The smallest absolute Gasteiger partial charge is 0.214 e. The number of aliphatic imine (C=N–C) groups is 1. The zero-order chi connectivity index (χ0) is 20.2. The summed E-state index contributed by atoms with van der Waals surface area (Å²) in [6, 6.07) is 7.77. The third-order valence-corrected chi connectivity index (χ3v) is 6.35. The van der Waals surface area contributed by atoms with Crippen LogP contribution in [-0.4, -0.2) is 70.9 Å². The van der Waals surface area contributed by atoms with Crippen molar-refractivity contribution in [2.24, 2.45) is 4.99 Å². The molecule has 0 bridgehead atoms. The van der Waals surface area contributed by atoms with Crippen LogP contribution in [0, 0.1) is 0 Å². The van der Waals surface area contributed by atoms with Crippen LogP contribution in [0.3, 0.4) is 0 Å². The van der Waals surface area contributed by atoms with Crippen molar-refractivity contribution in [1.82, 2.24) is 14.9 Å². The van der Waals surface area contributed by atoms with Crippen LogP contribution in [0.4, 0.5) is 0 Å². The van der Waals surface area contributed by atoms with Crippen molar-refractivity contribution in [2.45, 2.75) is 26.3 Å². The lowest BCUT2D eigenvalue weighted by Crippen LogP contribution is -2.42. The number of sulfonamides is 1. The molecule has 0 saturated carbocycles. The molecule has 1 fully saturated rings. The molecule has 1 aromatic carbocycles. The number of guanidine groups is 1. The second kappa shape index (κ2) is 14.0. The number of hydrogen-bond acceptors (Lipinski definition) is 5. The highest BCUT2D eigenvalue weighted by Crippen LogP contribution is 2.12. The fraction of sp³-hybridized carbons (Fsp3) is 0.632. The molecular weight excluding hydrogens is 507 g/mol. The first-order valence-electron chi connectivity index (χ1n) is 9.76. The summed E-state index contributed by atoms with van der Waals surface area (Å²) in [7, 11) is -1.43. The van der Waals surface area contributed by atoms with Crippen LogP contribution < -0.4 is 15.4 Å². The van der Waals surface area contributed by atoms with Gasteiger partial charge in [-0.15, -0.1) is 24.0 Å². The minimum atomic E-state index is -3.07. The van der Waals surface area contributed by atoms with Gasteiger partial charge in [-0.25, -0.2) is 17.7 Å². The molecule has 29 heavy (non-hydrogen) atoms. The van der Waals surface area contributed by atoms with Gasteiger partial charge in [0.2, 0.25) is 10.0 Å². The van der Waals surface area contributed by atoms with E-state index in [0.29, 0.717) is 51.8 Å². The van der Waals surface area contributed by atoms with Gasteiger partial charge in [-0.2, -0.15) is 0 Å². The van der Waals surface area contributed by atoms with E-state index in [1.807, 2.05) is 31.2 Å². The Bertz CT molecular complexity index is 713. The predicted molar refractivity (Wildman–Crippen MR) is 127 cm³/mol. The zero-order valence-corrected chi connectivity index (χ0v) is 20.4. The number of nitrogens with one attached hydrogen (secondary N) is 2.